The maximum Gasteiger partial charge on any atom is 0.223 e. The van der Waals surface area contributed by atoms with Crippen molar-refractivity contribution in [2.45, 2.75) is 36.4 Å². The maximum atomic E-state index is 14.8. The van der Waals surface area contributed by atoms with Crippen LogP contribution < -0.4 is 11.1 Å². The van der Waals surface area contributed by atoms with E-state index in [0.29, 0.717) is 19.0 Å². The molecular formula is C27H24F2N7S. The second kappa shape index (κ2) is 9.60. The molecule has 0 bridgehead atoms. The highest BCUT2D eigenvalue weighted by molar-refractivity contribution is 8.17. The molecule has 1 unspecified atom stereocenters. The van der Waals surface area contributed by atoms with E-state index in [0.717, 1.165) is 47.1 Å². The van der Waals surface area contributed by atoms with Crippen LogP contribution in [-0.4, -0.2) is 36.9 Å². The van der Waals surface area contributed by atoms with Crippen LogP contribution in [-0.2, 0) is 12.1 Å². The van der Waals surface area contributed by atoms with E-state index in [1.807, 2.05) is 29.7 Å². The van der Waals surface area contributed by atoms with Crippen molar-refractivity contribution in [3.8, 4) is 11.1 Å². The Bertz CT molecular complexity index is 1530. The lowest BCUT2D eigenvalue weighted by Gasteiger charge is -2.40. The first-order chi connectivity index (χ1) is 18.0. The van der Waals surface area contributed by atoms with Crippen LogP contribution in [0.4, 0.5) is 14.7 Å². The predicted octanol–water partition coefficient (Wildman–Crippen LogP) is 4.80. The SMILES string of the molecule is NC1(c2ccc(F)cc2-c2ccc3c(c2)[C]=S(c2nc(NCCn4ccnn4)ncc2F)C=C3)CCC1. The first-order valence-electron chi connectivity index (χ1n) is 12.0. The van der Waals surface area contributed by atoms with Crippen molar-refractivity contribution in [3.63, 3.8) is 0 Å². The number of halogens is 2. The Morgan fingerprint density at radius 1 is 1.16 bits per heavy atom. The van der Waals surface area contributed by atoms with E-state index >= 15 is 0 Å². The van der Waals surface area contributed by atoms with Crippen LogP contribution in [0.2, 0.25) is 0 Å². The molecule has 6 rings (SSSR count). The number of rotatable bonds is 7. The smallest absolute Gasteiger partial charge is 0.223 e. The summed E-state index contributed by atoms with van der Waals surface area (Å²) >= 11 is 0. The molecule has 4 aromatic rings. The largest absolute Gasteiger partial charge is 0.352 e. The van der Waals surface area contributed by atoms with Gasteiger partial charge in [-0.15, -0.1) is 15.6 Å². The van der Waals surface area contributed by atoms with Gasteiger partial charge < -0.3 is 11.1 Å². The van der Waals surface area contributed by atoms with Crippen LogP contribution >= 0.6 is 10.5 Å². The van der Waals surface area contributed by atoms with E-state index in [9.17, 15) is 8.78 Å². The Kier molecular flexibility index (Phi) is 6.13. The van der Waals surface area contributed by atoms with Gasteiger partial charge in [0.1, 0.15) is 10.8 Å². The van der Waals surface area contributed by atoms with E-state index in [1.165, 1.54) is 12.3 Å². The van der Waals surface area contributed by atoms with Crippen molar-refractivity contribution >= 4 is 27.9 Å². The standard InChI is InChI=1S/C27H24F2N7S/c28-21-4-5-23(27(30)7-1-8-27)22(15-21)19-3-2-18-6-13-37(17-20(18)14-19)25-24(29)16-32-26(34-25)31-9-11-36-12-10-33-35-36/h2-6,10,12-16H,1,7-9,11,30H2,(H,31,32,34). The summed E-state index contributed by atoms with van der Waals surface area (Å²) in [6, 6.07) is 10.7. The zero-order valence-corrected chi connectivity index (χ0v) is 20.7. The third kappa shape index (κ3) is 4.70. The van der Waals surface area contributed by atoms with Crippen LogP contribution in [0, 0.1) is 11.6 Å². The van der Waals surface area contributed by atoms with Gasteiger partial charge in [0.15, 0.2) is 5.82 Å². The molecule has 2 aromatic carbocycles. The van der Waals surface area contributed by atoms with Gasteiger partial charge in [-0.25, -0.2) is 18.7 Å². The van der Waals surface area contributed by atoms with E-state index in [1.54, 1.807) is 29.2 Å². The number of hydrogen-bond acceptors (Lipinski definition) is 6. The van der Waals surface area contributed by atoms with Crippen LogP contribution in [0.25, 0.3) is 17.2 Å². The minimum absolute atomic E-state index is 0.257. The molecule has 37 heavy (non-hydrogen) atoms. The minimum atomic E-state index is -0.831. The lowest BCUT2D eigenvalue weighted by molar-refractivity contribution is 0.254. The van der Waals surface area contributed by atoms with Crippen LogP contribution in [0.5, 0.6) is 0 Å². The second-order valence-corrected chi connectivity index (χ2v) is 10.7. The Labute approximate surface area is 215 Å². The molecule has 3 heterocycles. The van der Waals surface area contributed by atoms with Crippen molar-refractivity contribution in [1.29, 1.82) is 0 Å². The zero-order valence-electron chi connectivity index (χ0n) is 19.9. The van der Waals surface area contributed by atoms with Gasteiger partial charge in [-0.2, -0.15) is 0 Å². The molecule has 3 N–H and O–H groups in total. The summed E-state index contributed by atoms with van der Waals surface area (Å²) in [7, 11) is -0.831. The molecule has 2 aromatic heterocycles. The fraction of sp³-hybridized carbons (Fsp3) is 0.222. The highest BCUT2D eigenvalue weighted by atomic mass is 32.2. The quantitative estimate of drug-likeness (QED) is 0.271. The minimum Gasteiger partial charge on any atom is -0.352 e. The maximum absolute atomic E-state index is 14.8. The highest BCUT2D eigenvalue weighted by Gasteiger charge is 2.36. The summed E-state index contributed by atoms with van der Waals surface area (Å²) in [4.78, 5) is 8.50. The molecule has 7 nitrogen and oxygen atoms in total. The average molecular weight is 517 g/mol. The molecule has 0 saturated heterocycles. The molecule has 2 aliphatic rings. The monoisotopic (exact) mass is 516 g/mol. The van der Waals surface area contributed by atoms with Gasteiger partial charge in [0.05, 0.1) is 18.9 Å². The first kappa shape index (κ1) is 23.6. The van der Waals surface area contributed by atoms with Gasteiger partial charge in [0.2, 0.25) is 5.95 Å². The molecule has 187 valence electrons. The van der Waals surface area contributed by atoms with E-state index in [-0.39, 0.29) is 10.8 Å². The van der Waals surface area contributed by atoms with E-state index in [2.05, 4.69) is 31.0 Å². The van der Waals surface area contributed by atoms with Crippen molar-refractivity contribution in [3.05, 3.63) is 88.7 Å². The van der Waals surface area contributed by atoms with Gasteiger partial charge in [-0.1, -0.05) is 23.4 Å². The molecule has 0 spiro atoms. The Morgan fingerprint density at radius 2 is 2.05 bits per heavy atom. The van der Waals surface area contributed by atoms with Gasteiger partial charge in [-0.05, 0) is 76.8 Å². The number of anilines is 1. The topological polar surface area (TPSA) is 94.5 Å². The van der Waals surface area contributed by atoms with Gasteiger partial charge in [-0.3, -0.25) is 4.68 Å². The molecule has 1 aliphatic carbocycles. The van der Waals surface area contributed by atoms with Crippen LogP contribution in [0.1, 0.15) is 36.0 Å². The summed E-state index contributed by atoms with van der Waals surface area (Å²) in [5, 5.41) is 16.3. The normalized spacial score (nSPS) is 17.5. The average Bonchev–Trinajstić information content (AvgIpc) is 3.41. The number of benzene rings is 2. The van der Waals surface area contributed by atoms with Crippen LogP contribution in [0.15, 0.2) is 65.4 Å². The predicted molar refractivity (Wildman–Crippen MR) is 141 cm³/mol. The van der Waals surface area contributed by atoms with Gasteiger partial charge in [0.25, 0.3) is 0 Å². The number of nitrogens with zero attached hydrogens (tertiary/aromatic N) is 5. The third-order valence-corrected chi connectivity index (χ3v) is 8.30. The molecule has 1 atom stereocenters. The number of aromatic nitrogens is 5. The molecule has 1 fully saturated rings. The van der Waals surface area contributed by atoms with Crippen molar-refractivity contribution in [2.75, 3.05) is 11.9 Å². The lowest BCUT2D eigenvalue weighted by Crippen LogP contribution is -2.43. The number of fused-ring (bicyclic) bond motifs is 1. The first-order valence-corrected chi connectivity index (χ1v) is 13.3. The molecule has 1 aliphatic heterocycles. The number of hydrogen-bond donors (Lipinski definition) is 2. The summed E-state index contributed by atoms with van der Waals surface area (Å²) in [5.74, 6) is -0.472. The molecule has 1 radical (unpaired) electrons. The molecular weight excluding hydrogens is 492 g/mol. The number of nitrogens with two attached hydrogens (primary N) is 1. The van der Waals surface area contributed by atoms with Crippen molar-refractivity contribution < 1.29 is 8.78 Å². The zero-order chi connectivity index (χ0) is 25.4. The number of nitrogens with one attached hydrogen (secondary N) is 1. The summed E-state index contributed by atoms with van der Waals surface area (Å²) in [6.45, 7) is 1.08. The third-order valence-electron chi connectivity index (χ3n) is 6.75. The molecule has 10 heteroatoms. The van der Waals surface area contributed by atoms with Gasteiger partial charge in [0, 0.05) is 23.6 Å². The van der Waals surface area contributed by atoms with Crippen molar-refractivity contribution in [1.82, 2.24) is 25.0 Å². The van der Waals surface area contributed by atoms with E-state index in [4.69, 9.17) is 5.73 Å². The fourth-order valence-corrected chi connectivity index (χ4v) is 6.04. The Hall–Kier alpha value is -3.76. The summed E-state index contributed by atoms with van der Waals surface area (Å²) < 4.78 is 30.8. The van der Waals surface area contributed by atoms with Crippen molar-refractivity contribution in [2.24, 2.45) is 5.73 Å². The molecule has 0 amide bonds. The highest BCUT2D eigenvalue weighted by Crippen LogP contribution is 2.44. The van der Waals surface area contributed by atoms with E-state index < -0.39 is 21.8 Å². The Balaban J connectivity index is 1.30. The fourth-order valence-electron chi connectivity index (χ4n) is 4.61. The summed E-state index contributed by atoms with van der Waals surface area (Å²) in [5.41, 5.74) is 10.6. The lowest BCUT2D eigenvalue weighted by atomic mass is 9.70. The van der Waals surface area contributed by atoms with Crippen LogP contribution in [0.3, 0.4) is 0 Å². The summed E-state index contributed by atoms with van der Waals surface area (Å²) in [6.07, 6.45) is 9.30. The van der Waals surface area contributed by atoms with Gasteiger partial charge >= 0.3 is 0 Å². The second-order valence-electron chi connectivity index (χ2n) is 9.18. The Morgan fingerprint density at radius 3 is 2.84 bits per heavy atom. The molecule has 1 saturated carbocycles.